The highest BCUT2D eigenvalue weighted by molar-refractivity contribution is 9.10. The molecule has 1 heterocycles. The second-order valence-corrected chi connectivity index (χ2v) is 8.52. The van der Waals surface area contributed by atoms with Gasteiger partial charge in [-0.1, -0.05) is 28.1 Å². The van der Waals surface area contributed by atoms with Crippen molar-refractivity contribution in [2.45, 2.75) is 39.3 Å². The van der Waals surface area contributed by atoms with E-state index in [0.717, 1.165) is 22.4 Å². The number of amides is 1. The van der Waals surface area contributed by atoms with Gasteiger partial charge in [0.1, 0.15) is 5.75 Å². The minimum absolute atomic E-state index is 0.0105. The average Bonchev–Trinajstić information content (AvgIpc) is 2.53. The molecule has 0 bridgehead atoms. The SMILES string of the molecule is CC(C)Oc1cc(Br)ccc1C(=O)N1c2ccccc2N(C)CC1(C)C. The van der Waals surface area contributed by atoms with Crippen LogP contribution in [0.3, 0.4) is 0 Å². The van der Waals surface area contributed by atoms with Crippen molar-refractivity contribution in [3.63, 3.8) is 0 Å². The van der Waals surface area contributed by atoms with E-state index in [0.29, 0.717) is 11.3 Å². The fourth-order valence-corrected chi connectivity index (χ4v) is 3.91. The number of fused-ring (bicyclic) bond motifs is 1. The maximum Gasteiger partial charge on any atom is 0.262 e. The number of carbonyl (C=O) groups excluding carboxylic acids is 1. The molecule has 0 unspecified atom stereocenters. The molecular weight excluding hydrogens is 392 g/mol. The van der Waals surface area contributed by atoms with Crippen LogP contribution >= 0.6 is 15.9 Å². The van der Waals surface area contributed by atoms with Crippen LogP contribution in [0.5, 0.6) is 5.75 Å². The number of rotatable bonds is 3. The van der Waals surface area contributed by atoms with Crippen molar-refractivity contribution in [2.24, 2.45) is 0 Å². The molecule has 0 atom stereocenters. The number of benzene rings is 2. The average molecular weight is 417 g/mol. The van der Waals surface area contributed by atoms with Crippen LogP contribution in [0, 0.1) is 0 Å². The van der Waals surface area contributed by atoms with Crippen LogP contribution < -0.4 is 14.5 Å². The Morgan fingerprint density at radius 3 is 2.46 bits per heavy atom. The topological polar surface area (TPSA) is 32.8 Å². The van der Waals surface area contributed by atoms with Crippen molar-refractivity contribution in [1.29, 1.82) is 0 Å². The number of hydrogen-bond acceptors (Lipinski definition) is 3. The lowest BCUT2D eigenvalue weighted by atomic mass is 9.94. The summed E-state index contributed by atoms with van der Waals surface area (Å²) in [6.45, 7) is 8.87. The van der Waals surface area contributed by atoms with Gasteiger partial charge in [0.25, 0.3) is 5.91 Å². The maximum absolute atomic E-state index is 13.6. The summed E-state index contributed by atoms with van der Waals surface area (Å²) in [5, 5.41) is 0. The van der Waals surface area contributed by atoms with Gasteiger partial charge in [0, 0.05) is 18.1 Å². The number of para-hydroxylation sites is 2. The molecule has 138 valence electrons. The smallest absolute Gasteiger partial charge is 0.262 e. The Labute approximate surface area is 163 Å². The van der Waals surface area contributed by atoms with Gasteiger partial charge in [0.05, 0.1) is 28.6 Å². The van der Waals surface area contributed by atoms with Crippen LogP contribution in [0.2, 0.25) is 0 Å². The van der Waals surface area contributed by atoms with E-state index in [1.165, 1.54) is 0 Å². The minimum atomic E-state index is -0.345. The highest BCUT2D eigenvalue weighted by atomic mass is 79.9. The molecule has 0 N–H and O–H groups in total. The second-order valence-electron chi connectivity index (χ2n) is 7.60. The number of halogens is 1. The van der Waals surface area contributed by atoms with Gasteiger partial charge in [-0.25, -0.2) is 0 Å². The van der Waals surface area contributed by atoms with Gasteiger partial charge < -0.3 is 9.64 Å². The van der Waals surface area contributed by atoms with Gasteiger partial charge in [-0.2, -0.15) is 0 Å². The lowest BCUT2D eigenvalue weighted by Crippen LogP contribution is -2.57. The molecule has 1 aliphatic rings. The van der Waals surface area contributed by atoms with Crippen molar-refractivity contribution in [3.8, 4) is 5.75 Å². The fraction of sp³-hybridized carbons (Fsp3) is 0.381. The van der Waals surface area contributed by atoms with Crippen LogP contribution in [-0.2, 0) is 0 Å². The van der Waals surface area contributed by atoms with Gasteiger partial charge in [0.2, 0.25) is 0 Å². The van der Waals surface area contributed by atoms with Gasteiger partial charge in [-0.05, 0) is 58.0 Å². The van der Waals surface area contributed by atoms with Crippen LogP contribution in [0.1, 0.15) is 38.1 Å². The zero-order chi connectivity index (χ0) is 19.1. The summed E-state index contributed by atoms with van der Waals surface area (Å²) >= 11 is 3.48. The Kier molecular flexibility index (Phi) is 5.02. The first kappa shape index (κ1) is 18.8. The molecular formula is C21H25BrN2O2. The van der Waals surface area contributed by atoms with E-state index in [-0.39, 0.29) is 17.6 Å². The highest BCUT2D eigenvalue weighted by Crippen LogP contribution is 2.40. The molecule has 0 fully saturated rings. The third-order valence-electron chi connectivity index (χ3n) is 4.50. The van der Waals surface area contributed by atoms with E-state index in [1.54, 1.807) is 0 Å². The van der Waals surface area contributed by atoms with E-state index >= 15 is 0 Å². The van der Waals surface area contributed by atoms with Crippen molar-refractivity contribution < 1.29 is 9.53 Å². The molecule has 0 radical (unpaired) electrons. The van der Waals surface area contributed by atoms with E-state index < -0.39 is 0 Å². The van der Waals surface area contributed by atoms with E-state index in [9.17, 15) is 4.79 Å². The second kappa shape index (κ2) is 6.95. The first-order valence-corrected chi connectivity index (χ1v) is 9.61. The normalized spacial score (nSPS) is 15.8. The molecule has 0 spiro atoms. The Morgan fingerprint density at radius 1 is 1.15 bits per heavy atom. The molecule has 0 aliphatic carbocycles. The zero-order valence-electron chi connectivity index (χ0n) is 15.9. The molecule has 5 heteroatoms. The van der Waals surface area contributed by atoms with Crippen LogP contribution in [0.15, 0.2) is 46.9 Å². The molecule has 2 aromatic carbocycles. The Morgan fingerprint density at radius 2 is 1.81 bits per heavy atom. The molecule has 0 saturated carbocycles. The maximum atomic E-state index is 13.6. The predicted octanol–water partition coefficient (Wildman–Crippen LogP) is 5.11. The molecule has 4 nitrogen and oxygen atoms in total. The lowest BCUT2D eigenvalue weighted by Gasteiger charge is -2.47. The Bertz CT molecular complexity index is 833. The summed E-state index contributed by atoms with van der Waals surface area (Å²) in [5.41, 5.74) is 2.22. The number of anilines is 2. The van der Waals surface area contributed by atoms with Crippen molar-refractivity contribution >= 4 is 33.2 Å². The molecule has 0 aromatic heterocycles. The first-order chi connectivity index (χ1) is 12.2. The van der Waals surface area contributed by atoms with Gasteiger partial charge in [-0.15, -0.1) is 0 Å². The fourth-order valence-electron chi connectivity index (χ4n) is 3.57. The van der Waals surface area contributed by atoms with E-state index in [2.05, 4.69) is 47.8 Å². The molecule has 0 saturated heterocycles. The van der Waals surface area contributed by atoms with Crippen LogP contribution in [0.4, 0.5) is 11.4 Å². The summed E-state index contributed by atoms with van der Waals surface area (Å²) in [5.74, 6) is 0.560. The lowest BCUT2D eigenvalue weighted by molar-refractivity contribution is 0.0955. The third kappa shape index (κ3) is 3.45. The number of ether oxygens (including phenoxy) is 1. The number of hydrogen-bond donors (Lipinski definition) is 0. The molecule has 26 heavy (non-hydrogen) atoms. The minimum Gasteiger partial charge on any atom is -0.490 e. The number of nitrogens with zero attached hydrogens (tertiary/aromatic N) is 2. The van der Waals surface area contributed by atoms with Crippen molar-refractivity contribution in [3.05, 3.63) is 52.5 Å². The summed E-state index contributed by atoms with van der Waals surface area (Å²) in [6.07, 6.45) is -0.0105. The standard InChI is InChI=1S/C21H25BrN2O2/c1-14(2)26-19-12-15(22)10-11-16(19)20(25)24-18-9-7-6-8-17(18)23(5)13-21(24,3)4/h6-12,14H,13H2,1-5H3. The zero-order valence-corrected chi connectivity index (χ0v) is 17.5. The van der Waals surface area contributed by atoms with Gasteiger partial charge >= 0.3 is 0 Å². The highest BCUT2D eigenvalue weighted by Gasteiger charge is 2.40. The first-order valence-electron chi connectivity index (χ1n) is 8.81. The Hall–Kier alpha value is -2.01. The summed E-state index contributed by atoms with van der Waals surface area (Å²) in [7, 11) is 2.06. The monoisotopic (exact) mass is 416 g/mol. The molecule has 2 aromatic rings. The van der Waals surface area contributed by atoms with Crippen LogP contribution in [-0.4, -0.2) is 31.1 Å². The number of likely N-dealkylation sites (N-methyl/N-ethyl adjacent to an activating group) is 1. The Balaban J connectivity index is 2.11. The summed E-state index contributed by atoms with van der Waals surface area (Å²) in [6, 6.07) is 13.6. The van der Waals surface area contributed by atoms with Crippen LogP contribution in [0.25, 0.3) is 0 Å². The quantitative estimate of drug-likeness (QED) is 0.696. The number of carbonyl (C=O) groups is 1. The third-order valence-corrected chi connectivity index (χ3v) is 5.00. The largest absolute Gasteiger partial charge is 0.490 e. The van der Waals surface area contributed by atoms with Gasteiger partial charge in [-0.3, -0.25) is 9.69 Å². The summed E-state index contributed by atoms with van der Waals surface area (Å²) < 4.78 is 6.82. The van der Waals surface area contributed by atoms with Crippen molar-refractivity contribution in [2.75, 3.05) is 23.4 Å². The predicted molar refractivity (Wildman–Crippen MR) is 111 cm³/mol. The van der Waals surface area contributed by atoms with E-state index in [1.807, 2.05) is 55.1 Å². The molecule has 1 amide bonds. The molecule has 1 aliphatic heterocycles. The van der Waals surface area contributed by atoms with E-state index in [4.69, 9.17) is 4.74 Å². The van der Waals surface area contributed by atoms with Crippen molar-refractivity contribution in [1.82, 2.24) is 0 Å². The molecule has 3 rings (SSSR count). The summed E-state index contributed by atoms with van der Waals surface area (Å²) in [4.78, 5) is 17.7. The van der Waals surface area contributed by atoms with Gasteiger partial charge in [0.15, 0.2) is 0 Å².